The number of fused-ring (bicyclic) bond motifs is 3. The number of anilines is 1. The van der Waals surface area contributed by atoms with Crippen LogP contribution in [0.3, 0.4) is 0 Å². The van der Waals surface area contributed by atoms with Crippen molar-refractivity contribution in [3.05, 3.63) is 53.3 Å². The zero-order chi connectivity index (χ0) is 32.7. The van der Waals surface area contributed by atoms with Crippen molar-refractivity contribution in [3.8, 4) is 22.9 Å². The number of aromatic nitrogens is 2. The van der Waals surface area contributed by atoms with Gasteiger partial charge in [-0.05, 0) is 103 Å². The lowest BCUT2D eigenvalue weighted by molar-refractivity contribution is -0.0396. The highest BCUT2D eigenvalue weighted by atomic mass is 19.1. The minimum Gasteiger partial charge on any atom is -0.508 e. The zero-order valence-electron chi connectivity index (χ0n) is 26.3. The highest BCUT2D eigenvalue weighted by Gasteiger charge is 2.50. The molecule has 3 saturated heterocycles. The van der Waals surface area contributed by atoms with E-state index in [9.17, 15) is 19.0 Å². The Morgan fingerprint density at radius 2 is 1.81 bits per heavy atom. The van der Waals surface area contributed by atoms with E-state index >= 15 is 8.78 Å². The molecule has 4 fully saturated rings. The van der Waals surface area contributed by atoms with E-state index in [-0.39, 0.29) is 58.3 Å². The van der Waals surface area contributed by atoms with Gasteiger partial charge >= 0.3 is 6.01 Å². The van der Waals surface area contributed by atoms with E-state index in [0.29, 0.717) is 55.5 Å². The van der Waals surface area contributed by atoms with E-state index in [0.717, 1.165) is 32.2 Å². The molecule has 248 valence electrons. The molecule has 1 saturated carbocycles. The van der Waals surface area contributed by atoms with Gasteiger partial charge in [-0.3, -0.25) is 4.90 Å². The molecule has 0 amide bonds. The summed E-state index contributed by atoms with van der Waals surface area (Å²) in [5.41, 5.74) is -0.857. The van der Waals surface area contributed by atoms with Crippen molar-refractivity contribution in [2.75, 3.05) is 37.7 Å². The normalized spacial score (nSPS) is 27.6. The van der Waals surface area contributed by atoms with Crippen molar-refractivity contribution in [2.45, 2.75) is 76.1 Å². The van der Waals surface area contributed by atoms with Crippen LogP contribution in [0.2, 0.25) is 0 Å². The van der Waals surface area contributed by atoms with Crippen LogP contribution in [0.1, 0.15) is 57.4 Å². The number of aryl methyl sites for hydroxylation is 1. The molecule has 11 heteroatoms. The average molecular weight is 651 g/mol. The molecular weight excluding hydrogens is 612 g/mol. The molecule has 3 aromatic carbocycles. The number of hydrogen-bond acceptors (Lipinski definition) is 7. The average Bonchev–Trinajstić information content (AvgIpc) is 3.55. The van der Waals surface area contributed by atoms with E-state index in [1.165, 1.54) is 30.3 Å². The molecule has 4 aromatic rings. The van der Waals surface area contributed by atoms with E-state index in [2.05, 4.69) is 9.88 Å². The summed E-state index contributed by atoms with van der Waals surface area (Å²) in [4.78, 5) is 13.4. The van der Waals surface area contributed by atoms with E-state index < -0.39 is 34.7 Å². The lowest BCUT2D eigenvalue weighted by Gasteiger charge is -2.51. The number of aliphatic hydroxyl groups is 1. The van der Waals surface area contributed by atoms with Crippen LogP contribution in [-0.2, 0) is 6.42 Å². The highest BCUT2D eigenvalue weighted by Crippen LogP contribution is 2.49. The largest absolute Gasteiger partial charge is 0.508 e. The number of rotatable bonds is 6. The van der Waals surface area contributed by atoms with Gasteiger partial charge < -0.3 is 19.8 Å². The van der Waals surface area contributed by atoms with Gasteiger partial charge in [-0.15, -0.1) is 0 Å². The van der Waals surface area contributed by atoms with Crippen molar-refractivity contribution in [2.24, 2.45) is 5.41 Å². The third-order valence-electron chi connectivity index (χ3n) is 11.1. The first-order chi connectivity index (χ1) is 22.6. The summed E-state index contributed by atoms with van der Waals surface area (Å²) in [5.74, 6) is -2.24. The van der Waals surface area contributed by atoms with Crippen LogP contribution in [0.4, 0.5) is 23.4 Å². The summed E-state index contributed by atoms with van der Waals surface area (Å²) in [5, 5.41) is 21.7. The Hall–Kier alpha value is -3.70. The molecule has 3 aliphatic heterocycles. The molecule has 2 N–H and O–H groups in total. The number of hydrogen-bond donors (Lipinski definition) is 2. The Kier molecular flexibility index (Phi) is 7.29. The summed E-state index contributed by atoms with van der Waals surface area (Å²) >= 11 is 0. The highest BCUT2D eigenvalue weighted by molar-refractivity contribution is 6.03. The first-order valence-electron chi connectivity index (χ1n) is 16.7. The maximum Gasteiger partial charge on any atom is 0.319 e. The van der Waals surface area contributed by atoms with Crippen molar-refractivity contribution in [1.29, 1.82) is 0 Å². The summed E-state index contributed by atoms with van der Waals surface area (Å²) in [6, 6.07) is 6.60. The number of aromatic hydroxyl groups is 1. The lowest BCUT2D eigenvalue weighted by Crippen LogP contribution is -2.52. The van der Waals surface area contributed by atoms with E-state index in [4.69, 9.17) is 9.72 Å². The van der Waals surface area contributed by atoms with Crippen molar-refractivity contribution < 1.29 is 32.5 Å². The van der Waals surface area contributed by atoms with Gasteiger partial charge in [-0.1, -0.05) is 13.0 Å². The van der Waals surface area contributed by atoms with Crippen LogP contribution >= 0.6 is 0 Å². The van der Waals surface area contributed by atoms with Gasteiger partial charge in [0, 0.05) is 31.4 Å². The molecule has 0 radical (unpaired) electrons. The molecule has 0 unspecified atom stereocenters. The monoisotopic (exact) mass is 650 g/mol. The topological polar surface area (TPSA) is 82.0 Å². The molecule has 47 heavy (non-hydrogen) atoms. The molecule has 1 spiro atoms. The van der Waals surface area contributed by atoms with Crippen LogP contribution in [0.15, 0.2) is 30.3 Å². The summed E-state index contributed by atoms with van der Waals surface area (Å²) < 4.78 is 69.0. The van der Waals surface area contributed by atoms with Gasteiger partial charge in [0.05, 0.1) is 17.2 Å². The standard InChI is InChI=1S/C36H38F4N4O3/c1-2-24-27(38)6-5-20-11-22(45)12-25(29(20)24)30-28(39)13-26-32(31(30)40)41-34(47-19-36-8-4-10-44(36)17-21(37)14-36)42-33(26)43-9-3-7-35(18-43)15-23(46)16-35/h5-6,11-13,21,23,45-46H,2-4,7-10,14-19H2,1H3/t21-,23-,35-,36+/m1/s1. The van der Waals surface area contributed by atoms with Crippen molar-refractivity contribution in [1.82, 2.24) is 14.9 Å². The van der Waals surface area contributed by atoms with Gasteiger partial charge in [0.15, 0.2) is 5.82 Å². The Morgan fingerprint density at radius 1 is 1.00 bits per heavy atom. The Morgan fingerprint density at radius 3 is 2.60 bits per heavy atom. The number of piperidine rings is 1. The smallest absolute Gasteiger partial charge is 0.319 e. The fourth-order valence-corrected chi connectivity index (χ4v) is 9.06. The fraction of sp³-hybridized carbons (Fsp3) is 0.500. The number of alkyl halides is 1. The number of phenolic OH excluding ortho intramolecular Hbond substituents is 1. The summed E-state index contributed by atoms with van der Waals surface area (Å²) in [7, 11) is 0. The second-order valence-electron chi connectivity index (χ2n) is 14.2. The predicted molar refractivity (Wildman–Crippen MR) is 171 cm³/mol. The van der Waals surface area contributed by atoms with Gasteiger partial charge in [0.2, 0.25) is 0 Å². The van der Waals surface area contributed by atoms with E-state index in [1.807, 2.05) is 4.90 Å². The molecule has 4 heterocycles. The Labute approximate surface area is 270 Å². The lowest BCUT2D eigenvalue weighted by atomic mass is 9.62. The van der Waals surface area contributed by atoms with Crippen LogP contribution in [-0.4, -0.2) is 75.7 Å². The fourth-order valence-electron chi connectivity index (χ4n) is 9.06. The predicted octanol–water partition coefficient (Wildman–Crippen LogP) is 6.83. The molecular formula is C36H38F4N4O3. The number of nitrogens with zero attached hydrogens (tertiary/aromatic N) is 4. The SMILES string of the molecule is CCc1c(F)ccc2cc(O)cc(-c3c(F)cc4c(N5CCC[C@]6(C5)C[C@H](O)C6)nc(OC[C@@]56CCCN5C[C@H](F)C6)nc4c3F)c12. The maximum absolute atomic E-state index is 17.0. The second-order valence-corrected chi connectivity index (χ2v) is 14.2. The molecule has 1 aliphatic carbocycles. The van der Waals surface area contributed by atoms with Gasteiger partial charge in [-0.25, -0.2) is 17.6 Å². The van der Waals surface area contributed by atoms with E-state index in [1.54, 1.807) is 6.92 Å². The Balaban J connectivity index is 1.29. The van der Waals surface area contributed by atoms with Crippen LogP contribution < -0.4 is 9.64 Å². The third kappa shape index (κ3) is 4.99. The van der Waals surface area contributed by atoms with Crippen molar-refractivity contribution >= 4 is 27.5 Å². The van der Waals surface area contributed by atoms with Crippen LogP contribution in [0, 0.1) is 22.9 Å². The first kappa shape index (κ1) is 30.6. The molecule has 4 aliphatic rings. The zero-order valence-corrected chi connectivity index (χ0v) is 26.3. The van der Waals surface area contributed by atoms with Crippen molar-refractivity contribution in [3.63, 3.8) is 0 Å². The van der Waals surface area contributed by atoms with Gasteiger partial charge in [-0.2, -0.15) is 9.97 Å². The number of benzene rings is 3. The molecule has 8 rings (SSSR count). The first-order valence-corrected chi connectivity index (χ1v) is 16.7. The summed E-state index contributed by atoms with van der Waals surface area (Å²) in [6.07, 6.45) is 4.10. The second kappa shape index (κ2) is 11.2. The number of aliphatic hydroxyl groups excluding tert-OH is 1. The number of phenols is 1. The molecule has 1 aromatic heterocycles. The maximum atomic E-state index is 17.0. The number of ether oxygens (including phenoxy) is 1. The van der Waals surface area contributed by atoms with Crippen LogP contribution in [0.25, 0.3) is 32.8 Å². The third-order valence-corrected chi connectivity index (χ3v) is 11.1. The minimum atomic E-state index is -0.970. The molecule has 2 atom stereocenters. The van der Waals surface area contributed by atoms with Gasteiger partial charge in [0.25, 0.3) is 0 Å². The molecule has 0 bridgehead atoms. The number of halogens is 4. The quantitative estimate of drug-likeness (QED) is 0.222. The molecule has 7 nitrogen and oxygen atoms in total. The van der Waals surface area contributed by atoms with Crippen LogP contribution in [0.5, 0.6) is 11.8 Å². The summed E-state index contributed by atoms with van der Waals surface area (Å²) in [6.45, 7) is 4.21. The van der Waals surface area contributed by atoms with Gasteiger partial charge in [0.1, 0.15) is 41.5 Å². The Bertz CT molecular complexity index is 1890. The minimum absolute atomic E-state index is 0.0247.